The van der Waals surface area contributed by atoms with E-state index in [2.05, 4.69) is 61.6 Å². The van der Waals surface area contributed by atoms with Crippen molar-refractivity contribution in [1.82, 2.24) is 5.32 Å². The van der Waals surface area contributed by atoms with Gasteiger partial charge < -0.3 is 5.32 Å². The van der Waals surface area contributed by atoms with Gasteiger partial charge in [0.2, 0.25) is 0 Å². The van der Waals surface area contributed by atoms with Gasteiger partial charge in [-0.2, -0.15) is 0 Å². The van der Waals surface area contributed by atoms with Crippen LogP contribution in [0.15, 0.2) is 54.6 Å². The number of hydrogen-bond donors (Lipinski definition) is 1. The van der Waals surface area contributed by atoms with Crippen molar-refractivity contribution in [2.45, 2.75) is 45.2 Å². The highest BCUT2D eigenvalue weighted by Gasteiger charge is 2.16. The Kier molecular flexibility index (Phi) is 6.28. The molecule has 0 aliphatic rings. The van der Waals surface area contributed by atoms with Crippen LogP contribution in [0.25, 0.3) is 0 Å². The van der Waals surface area contributed by atoms with E-state index in [1.807, 2.05) is 12.1 Å². The summed E-state index contributed by atoms with van der Waals surface area (Å²) in [5, 5.41) is 4.61. The van der Waals surface area contributed by atoms with Crippen LogP contribution < -0.4 is 5.32 Å². The molecule has 0 aromatic heterocycles. The molecular weight excluding hydrogens is 278 g/mol. The van der Waals surface area contributed by atoms with E-state index in [1.165, 1.54) is 17.5 Å². The first-order valence-electron chi connectivity index (χ1n) is 7.81. The molecule has 0 fully saturated rings. The summed E-state index contributed by atoms with van der Waals surface area (Å²) in [6, 6.07) is 19.7. The zero-order valence-corrected chi connectivity index (χ0v) is 13.6. The van der Waals surface area contributed by atoms with Gasteiger partial charge in [-0.05, 0) is 36.1 Å². The van der Waals surface area contributed by atoms with Crippen LogP contribution in [0.2, 0.25) is 5.02 Å². The minimum atomic E-state index is 0.360. The maximum Gasteiger partial charge on any atom is 0.0406 e. The monoisotopic (exact) mass is 301 g/mol. The van der Waals surface area contributed by atoms with Crippen LogP contribution in [0.3, 0.4) is 0 Å². The first kappa shape index (κ1) is 16.1. The highest BCUT2D eigenvalue weighted by Crippen LogP contribution is 2.26. The second kappa shape index (κ2) is 8.21. The van der Waals surface area contributed by atoms with E-state index in [9.17, 15) is 0 Å². The molecule has 0 saturated carbocycles. The average molecular weight is 302 g/mol. The van der Waals surface area contributed by atoms with Crippen LogP contribution in [-0.4, -0.2) is 0 Å². The van der Waals surface area contributed by atoms with Gasteiger partial charge in [-0.3, -0.25) is 0 Å². The summed E-state index contributed by atoms with van der Waals surface area (Å²) >= 11 is 5.99. The molecule has 0 aliphatic carbocycles. The lowest BCUT2D eigenvalue weighted by atomic mass is 9.98. The number of hydrogen-bond acceptors (Lipinski definition) is 1. The molecule has 2 aromatic rings. The van der Waals surface area contributed by atoms with Gasteiger partial charge in [-0.1, -0.05) is 74.3 Å². The number of nitrogens with one attached hydrogen (secondary N) is 1. The van der Waals surface area contributed by atoms with Crippen LogP contribution in [0.4, 0.5) is 0 Å². The van der Waals surface area contributed by atoms with Gasteiger partial charge in [0, 0.05) is 17.1 Å². The highest BCUT2D eigenvalue weighted by molar-refractivity contribution is 6.30. The summed E-state index contributed by atoms with van der Waals surface area (Å²) in [4.78, 5) is 0. The van der Waals surface area contributed by atoms with Crippen molar-refractivity contribution in [3.8, 4) is 0 Å². The first-order chi connectivity index (χ1) is 10.2. The predicted octanol–water partition coefficient (Wildman–Crippen LogP) is 5.92. The summed E-state index contributed by atoms with van der Waals surface area (Å²) in [7, 11) is 0. The molecule has 2 unspecified atom stereocenters. The Hall–Kier alpha value is -1.31. The molecule has 0 saturated heterocycles. The molecule has 0 heterocycles. The Morgan fingerprint density at radius 2 is 1.48 bits per heavy atom. The van der Waals surface area contributed by atoms with Crippen LogP contribution in [0.5, 0.6) is 0 Å². The largest absolute Gasteiger partial charge is 0.303 e. The Balaban J connectivity index is 2.15. The third-order valence-electron chi connectivity index (χ3n) is 3.86. The molecule has 1 N–H and O–H groups in total. The third kappa shape index (κ3) is 4.59. The fourth-order valence-corrected chi connectivity index (χ4v) is 2.83. The van der Waals surface area contributed by atoms with Crippen molar-refractivity contribution in [3.05, 3.63) is 70.7 Å². The summed E-state index contributed by atoms with van der Waals surface area (Å²) in [6.07, 6.45) is 3.38. The number of rotatable bonds is 7. The second-order valence-electron chi connectivity index (χ2n) is 5.43. The van der Waals surface area contributed by atoms with Crippen LogP contribution >= 0.6 is 11.6 Å². The van der Waals surface area contributed by atoms with E-state index in [4.69, 9.17) is 11.6 Å². The van der Waals surface area contributed by atoms with Gasteiger partial charge in [0.05, 0.1) is 0 Å². The molecule has 2 heteroatoms. The summed E-state index contributed by atoms with van der Waals surface area (Å²) in [5.74, 6) is 0. The Morgan fingerprint density at radius 3 is 2.05 bits per heavy atom. The van der Waals surface area contributed by atoms with E-state index >= 15 is 0 Å². The lowest BCUT2D eigenvalue weighted by molar-refractivity contribution is 0.413. The SMILES string of the molecule is CCCC(NC(CC)c1ccc(Cl)cc1)c1ccccc1. The van der Waals surface area contributed by atoms with Crippen LogP contribution in [0.1, 0.15) is 56.3 Å². The van der Waals surface area contributed by atoms with Gasteiger partial charge in [0.1, 0.15) is 0 Å². The number of halogens is 1. The molecule has 112 valence electrons. The van der Waals surface area contributed by atoms with Crippen molar-refractivity contribution in [2.24, 2.45) is 0 Å². The molecule has 0 spiro atoms. The molecule has 2 atom stereocenters. The quantitative estimate of drug-likeness (QED) is 0.669. The smallest absolute Gasteiger partial charge is 0.0406 e. The van der Waals surface area contributed by atoms with Crippen LogP contribution in [0, 0.1) is 0 Å². The average Bonchev–Trinajstić information content (AvgIpc) is 2.53. The fraction of sp³-hybridized carbons (Fsp3) is 0.368. The van der Waals surface area contributed by atoms with Gasteiger partial charge >= 0.3 is 0 Å². The molecule has 0 aliphatic heterocycles. The van der Waals surface area contributed by atoms with Gasteiger partial charge in [-0.25, -0.2) is 0 Å². The summed E-state index contributed by atoms with van der Waals surface area (Å²) in [6.45, 7) is 4.46. The lowest BCUT2D eigenvalue weighted by Gasteiger charge is -2.26. The minimum absolute atomic E-state index is 0.360. The third-order valence-corrected chi connectivity index (χ3v) is 4.11. The Labute approximate surface area is 133 Å². The molecule has 0 amide bonds. The maximum atomic E-state index is 5.99. The molecule has 2 aromatic carbocycles. The van der Waals surface area contributed by atoms with E-state index in [0.717, 1.165) is 17.9 Å². The van der Waals surface area contributed by atoms with E-state index < -0.39 is 0 Å². The van der Waals surface area contributed by atoms with E-state index in [1.54, 1.807) is 0 Å². The van der Waals surface area contributed by atoms with Crippen molar-refractivity contribution in [1.29, 1.82) is 0 Å². The molecule has 0 bridgehead atoms. The van der Waals surface area contributed by atoms with Gasteiger partial charge in [0.15, 0.2) is 0 Å². The first-order valence-corrected chi connectivity index (χ1v) is 8.18. The Bertz CT molecular complexity index is 521. The Morgan fingerprint density at radius 1 is 0.857 bits per heavy atom. The lowest BCUT2D eigenvalue weighted by Crippen LogP contribution is -2.26. The minimum Gasteiger partial charge on any atom is -0.303 e. The van der Waals surface area contributed by atoms with Crippen LogP contribution in [-0.2, 0) is 0 Å². The van der Waals surface area contributed by atoms with Crippen molar-refractivity contribution >= 4 is 11.6 Å². The summed E-state index contributed by atoms with van der Waals surface area (Å²) < 4.78 is 0. The van der Waals surface area contributed by atoms with Gasteiger partial charge in [-0.15, -0.1) is 0 Å². The highest BCUT2D eigenvalue weighted by atomic mass is 35.5. The zero-order valence-electron chi connectivity index (χ0n) is 12.9. The predicted molar refractivity (Wildman–Crippen MR) is 91.7 cm³/mol. The van der Waals surface area contributed by atoms with Crippen molar-refractivity contribution in [2.75, 3.05) is 0 Å². The second-order valence-corrected chi connectivity index (χ2v) is 5.87. The molecular formula is C19H24ClN. The number of benzene rings is 2. The normalized spacial score (nSPS) is 13.9. The molecule has 1 nitrogen and oxygen atoms in total. The summed E-state index contributed by atoms with van der Waals surface area (Å²) in [5.41, 5.74) is 2.67. The van der Waals surface area contributed by atoms with E-state index in [0.29, 0.717) is 12.1 Å². The van der Waals surface area contributed by atoms with Gasteiger partial charge in [0.25, 0.3) is 0 Å². The van der Waals surface area contributed by atoms with Crippen molar-refractivity contribution in [3.63, 3.8) is 0 Å². The topological polar surface area (TPSA) is 12.0 Å². The standard InChI is InChI=1S/C19H24ClN/c1-3-8-19(15-9-6-5-7-10-15)21-18(4-2)16-11-13-17(20)14-12-16/h5-7,9-14,18-19,21H,3-4,8H2,1-2H3. The molecule has 0 radical (unpaired) electrons. The van der Waals surface area contributed by atoms with E-state index in [-0.39, 0.29) is 0 Å². The van der Waals surface area contributed by atoms with Crippen molar-refractivity contribution < 1.29 is 0 Å². The molecule has 2 rings (SSSR count). The fourth-order valence-electron chi connectivity index (χ4n) is 2.71. The molecule has 21 heavy (non-hydrogen) atoms. The maximum absolute atomic E-state index is 5.99. The zero-order chi connectivity index (χ0) is 15.1.